The van der Waals surface area contributed by atoms with E-state index in [0.717, 1.165) is 0 Å². The van der Waals surface area contributed by atoms with Gasteiger partial charge in [0.2, 0.25) is 0 Å². The predicted molar refractivity (Wildman–Crippen MR) is 138 cm³/mol. The highest BCUT2D eigenvalue weighted by atomic mass is 19.1. The third-order valence-electron chi connectivity index (χ3n) is 5.84. The van der Waals surface area contributed by atoms with Crippen LogP contribution in [-0.4, -0.2) is 60.5 Å². The molecule has 1 fully saturated rings. The van der Waals surface area contributed by atoms with Gasteiger partial charge in [0, 0.05) is 24.8 Å². The summed E-state index contributed by atoms with van der Waals surface area (Å²) in [6.45, 7) is 6.52. The smallest absolute Gasteiger partial charge is 0.410 e. The van der Waals surface area contributed by atoms with Crippen LogP contribution in [0.15, 0.2) is 42.6 Å². The Morgan fingerprint density at radius 3 is 2.51 bits per heavy atom. The summed E-state index contributed by atoms with van der Waals surface area (Å²) in [7, 11) is 0. The number of carbonyl (C=O) groups excluding carboxylic acids is 1. The van der Waals surface area contributed by atoms with E-state index in [9.17, 15) is 9.18 Å². The van der Waals surface area contributed by atoms with Crippen molar-refractivity contribution in [2.45, 2.75) is 39.0 Å². The number of halogens is 1. The fourth-order valence-corrected chi connectivity index (χ4v) is 4.07. The lowest BCUT2D eigenvalue weighted by Crippen LogP contribution is -2.58. The normalized spacial score (nSPS) is 14.0. The summed E-state index contributed by atoms with van der Waals surface area (Å²) < 4.78 is 21.3. The number of ether oxygens (including phenoxy) is 1. The van der Waals surface area contributed by atoms with E-state index in [4.69, 9.17) is 16.2 Å². The number of hydrogen-bond acceptors (Lipinski definition) is 9. The number of pyridine rings is 1. The zero-order valence-corrected chi connectivity index (χ0v) is 20.8. The SMILES string of the molecule is CC(C)(C)OC(=O)N1CC(Nc2c(N)nc(-c3nn(Cc4ccccc4F)c4ncccc34)nc2N)C1. The van der Waals surface area contributed by atoms with Gasteiger partial charge in [-0.2, -0.15) is 5.10 Å². The Labute approximate surface area is 212 Å². The molecule has 192 valence electrons. The summed E-state index contributed by atoms with van der Waals surface area (Å²) in [4.78, 5) is 27.1. The number of fused-ring (bicyclic) bond motifs is 1. The topological polar surface area (TPSA) is 150 Å². The van der Waals surface area contributed by atoms with E-state index >= 15 is 0 Å². The lowest BCUT2D eigenvalue weighted by molar-refractivity contribution is 0.0105. The van der Waals surface area contributed by atoms with Gasteiger partial charge in [-0.05, 0) is 39.0 Å². The number of rotatable bonds is 5. The highest BCUT2D eigenvalue weighted by Gasteiger charge is 2.34. The molecule has 4 heterocycles. The van der Waals surface area contributed by atoms with Crippen molar-refractivity contribution in [2.24, 2.45) is 0 Å². The minimum Gasteiger partial charge on any atom is -0.444 e. The summed E-state index contributed by atoms with van der Waals surface area (Å²) >= 11 is 0. The number of amides is 1. The number of aromatic nitrogens is 5. The molecule has 0 aliphatic carbocycles. The summed E-state index contributed by atoms with van der Waals surface area (Å²) in [6.07, 6.45) is 1.27. The maximum Gasteiger partial charge on any atom is 0.410 e. The number of nitrogens with one attached hydrogen (secondary N) is 1. The van der Waals surface area contributed by atoms with Crippen molar-refractivity contribution in [1.82, 2.24) is 29.6 Å². The minimum absolute atomic E-state index is 0.0726. The fourth-order valence-electron chi connectivity index (χ4n) is 4.07. The van der Waals surface area contributed by atoms with Crippen molar-refractivity contribution in [3.05, 3.63) is 54.0 Å². The van der Waals surface area contributed by atoms with Gasteiger partial charge < -0.3 is 26.4 Å². The number of nitrogens with zero attached hydrogens (tertiary/aromatic N) is 6. The monoisotopic (exact) mass is 505 g/mol. The van der Waals surface area contributed by atoms with Crippen molar-refractivity contribution in [2.75, 3.05) is 29.9 Å². The molecule has 0 saturated carbocycles. The van der Waals surface area contributed by atoms with Gasteiger partial charge in [0.05, 0.1) is 18.0 Å². The van der Waals surface area contributed by atoms with Crippen molar-refractivity contribution in [3.8, 4) is 11.5 Å². The quantitative estimate of drug-likeness (QED) is 0.371. The third-order valence-corrected chi connectivity index (χ3v) is 5.84. The van der Waals surface area contributed by atoms with Crippen LogP contribution in [0.1, 0.15) is 26.3 Å². The molecule has 0 unspecified atom stereocenters. The van der Waals surface area contributed by atoms with Gasteiger partial charge >= 0.3 is 6.09 Å². The Kier molecular flexibility index (Phi) is 6.02. The standard InChI is InChI=1S/C25H28FN9O2/c1-25(2,3)37-24(36)34-12-15(13-34)30-19-20(27)31-22(32-21(19)28)18-16-8-6-10-29-23(16)35(33-18)11-14-7-4-5-9-17(14)26/h4-10,15,30H,11-13H2,1-3H3,(H4,27,28,31,32). The zero-order chi connectivity index (χ0) is 26.3. The number of carbonyl (C=O) groups is 1. The first-order valence-electron chi connectivity index (χ1n) is 11.8. The second kappa shape index (κ2) is 9.19. The summed E-state index contributed by atoms with van der Waals surface area (Å²) in [5.74, 6) is 0.206. The largest absolute Gasteiger partial charge is 0.444 e. The molecule has 5 N–H and O–H groups in total. The molecule has 11 nitrogen and oxygen atoms in total. The van der Waals surface area contributed by atoms with Gasteiger partial charge in [0.15, 0.2) is 23.1 Å². The number of anilines is 3. The molecule has 1 aliphatic rings. The minimum atomic E-state index is -0.559. The first kappa shape index (κ1) is 24.2. The molecular formula is C25H28FN9O2. The summed E-state index contributed by atoms with van der Waals surface area (Å²) in [5.41, 5.74) is 13.8. The first-order valence-corrected chi connectivity index (χ1v) is 11.8. The number of hydrogen-bond donors (Lipinski definition) is 3. The third kappa shape index (κ3) is 4.95. The van der Waals surface area contributed by atoms with Crippen molar-refractivity contribution in [1.29, 1.82) is 0 Å². The number of benzene rings is 1. The summed E-state index contributed by atoms with van der Waals surface area (Å²) in [6, 6.07) is 10.0. The van der Waals surface area contributed by atoms with Crippen LogP contribution in [0.3, 0.4) is 0 Å². The number of likely N-dealkylation sites (tertiary alicyclic amines) is 1. The van der Waals surface area contributed by atoms with Crippen LogP contribution in [0, 0.1) is 5.82 Å². The lowest BCUT2D eigenvalue weighted by Gasteiger charge is -2.40. The Hall–Kier alpha value is -4.48. The highest BCUT2D eigenvalue weighted by Crippen LogP contribution is 2.31. The highest BCUT2D eigenvalue weighted by molar-refractivity contribution is 5.90. The molecule has 0 atom stereocenters. The van der Waals surface area contributed by atoms with E-state index in [0.29, 0.717) is 41.1 Å². The van der Waals surface area contributed by atoms with E-state index < -0.39 is 5.60 Å². The van der Waals surface area contributed by atoms with Gasteiger partial charge in [-0.3, -0.25) is 0 Å². The van der Waals surface area contributed by atoms with Gasteiger partial charge in [-0.15, -0.1) is 0 Å². The van der Waals surface area contributed by atoms with Crippen molar-refractivity contribution in [3.63, 3.8) is 0 Å². The second-order valence-electron chi connectivity index (χ2n) is 9.89. The molecule has 4 aromatic rings. The average Bonchev–Trinajstić information content (AvgIpc) is 3.16. The Morgan fingerprint density at radius 1 is 1.14 bits per heavy atom. The van der Waals surface area contributed by atoms with Crippen LogP contribution in [-0.2, 0) is 11.3 Å². The molecule has 37 heavy (non-hydrogen) atoms. The van der Waals surface area contributed by atoms with Crippen molar-refractivity contribution < 1.29 is 13.9 Å². The molecule has 1 amide bonds. The molecule has 3 aromatic heterocycles. The fraction of sp³-hybridized carbons (Fsp3) is 0.320. The molecule has 1 saturated heterocycles. The molecule has 1 aliphatic heterocycles. The van der Waals surface area contributed by atoms with E-state index in [-0.39, 0.29) is 42.0 Å². The zero-order valence-electron chi connectivity index (χ0n) is 20.8. The summed E-state index contributed by atoms with van der Waals surface area (Å²) in [5, 5.41) is 8.53. The van der Waals surface area contributed by atoms with Gasteiger partial charge in [0.1, 0.15) is 22.8 Å². The van der Waals surface area contributed by atoms with Crippen LogP contribution < -0.4 is 16.8 Å². The molecule has 1 aromatic carbocycles. The van der Waals surface area contributed by atoms with Gasteiger partial charge in [-0.25, -0.2) is 28.8 Å². The molecular weight excluding hydrogens is 477 g/mol. The maximum atomic E-state index is 14.3. The Balaban J connectivity index is 1.37. The molecule has 5 rings (SSSR count). The van der Waals surface area contributed by atoms with E-state index in [2.05, 4.69) is 25.4 Å². The van der Waals surface area contributed by atoms with E-state index in [1.54, 1.807) is 40.0 Å². The van der Waals surface area contributed by atoms with Crippen LogP contribution in [0.2, 0.25) is 0 Å². The Morgan fingerprint density at radius 2 is 1.84 bits per heavy atom. The molecule has 0 spiro atoms. The Bertz CT molecular complexity index is 1450. The molecule has 0 bridgehead atoms. The average molecular weight is 506 g/mol. The molecule has 12 heteroatoms. The van der Waals surface area contributed by atoms with E-state index in [1.807, 2.05) is 26.8 Å². The van der Waals surface area contributed by atoms with Crippen LogP contribution in [0.4, 0.5) is 26.5 Å². The lowest BCUT2D eigenvalue weighted by atomic mass is 10.1. The number of nitrogens with two attached hydrogens (primary N) is 2. The van der Waals surface area contributed by atoms with Crippen LogP contribution in [0.25, 0.3) is 22.6 Å². The van der Waals surface area contributed by atoms with Gasteiger partial charge in [-0.1, -0.05) is 18.2 Å². The number of nitrogen functional groups attached to an aromatic ring is 2. The van der Waals surface area contributed by atoms with Gasteiger partial charge in [0.25, 0.3) is 0 Å². The second-order valence-corrected chi connectivity index (χ2v) is 9.89. The first-order chi connectivity index (χ1) is 17.6. The van der Waals surface area contributed by atoms with E-state index in [1.165, 1.54) is 6.07 Å². The predicted octanol–water partition coefficient (Wildman–Crippen LogP) is 3.27. The van der Waals surface area contributed by atoms with Crippen molar-refractivity contribution >= 4 is 34.4 Å². The van der Waals surface area contributed by atoms with Crippen LogP contribution >= 0.6 is 0 Å². The maximum absolute atomic E-state index is 14.3. The molecule has 0 radical (unpaired) electrons. The van der Waals surface area contributed by atoms with Crippen LogP contribution in [0.5, 0.6) is 0 Å².